The van der Waals surface area contributed by atoms with Gasteiger partial charge in [0.25, 0.3) is 0 Å². The lowest BCUT2D eigenvalue weighted by Gasteiger charge is -2.15. The molecule has 0 unspecified atom stereocenters. The summed E-state index contributed by atoms with van der Waals surface area (Å²) in [5.74, 6) is -0.245. The second-order valence-electron chi connectivity index (χ2n) is 5.20. The number of hydrogen-bond donors (Lipinski definition) is 0. The Morgan fingerprint density at radius 3 is 2.25 bits per heavy atom. The second-order valence-corrected chi connectivity index (χ2v) is 5.20. The maximum Gasteiger partial charge on any atom is 0.387 e. The lowest BCUT2D eigenvalue weighted by molar-refractivity contribution is -0.121. The van der Waals surface area contributed by atoms with Gasteiger partial charge in [-0.25, -0.2) is 0 Å². The molecular formula is C15H15F2NO2. The Bertz CT molecular complexity index is 549. The van der Waals surface area contributed by atoms with E-state index in [1.54, 1.807) is 20.8 Å². The van der Waals surface area contributed by atoms with E-state index in [9.17, 15) is 13.6 Å². The molecule has 0 aromatic heterocycles. The topological polar surface area (TPSA) is 50.1 Å². The number of hydrogen-bond acceptors (Lipinski definition) is 3. The van der Waals surface area contributed by atoms with Crippen LogP contribution in [0, 0.1) is 16.7 Å². The van der Waals surface area contributed by atoms with Crippen LogP contribution in [-0.4, -0.2) is 12.4 Å². The Morgan fingerprint density at radius 1 is 1.30 bits per heavy atom. The number of nitriles is 1. The van der Waals surface area contributed by atoms with Crippen molar-refractivity contribution in [2.45, 2.75) is 27.4 Å². The number of Topliss-reactive ketones (excluding diaryl/α,β-unsaturated/α-hetero) is 1. The molecule has 0 aliphatic carbocycles. The van der Waals surface area contributed by atoms with Crippen LogP contribution in [0.4, 0.5) is 8.78 Å². The molecule has 106 valence electrons. The quantitative estimate of drug-likeness (QED) is 0.622. The first-order chi connectivity index (χ1) is 9.24. The summed E-state index contributed by atoms with van der Waals surface area (Å²) in [6.07, 6.45) is 1.43. The van der Waals surface area contributed by atoms with Crippen LogP contribution >= 0.6 is 0 Å². The van der Waals surface area contributed by atoms with Crippen molar-refractivity contribution >= 4 is 11.9 Å². The first-order valence-corrected chi connectivity index (χ1v) is 5.95. The molecule has 0 atom stereocenters. The van der Waals surface area contributed by atoms with Crippen molar-refractivity contribution in [3.8, 4) is 11.8 Å². The Balaban J connectivity index is 2.98. The van der Waals surface area contributed by atoms with Gasteiger partial charge in [0, 0.05) is 5.41 Å². The molecule has 0 radical (unpaired) electrons. The zero-order chi connectivity index (χ0) is 15.3. The number of alkyl halides is 2. The van der Waals surface area contributed by atoms with Gasteiger partial charge in [-0.1, -0.05) is 32.9 Å². The number of allylic oxidation sites excluding steroid dienone is 1. The summed E-state index contributed by atoms with van der Waals surface area (Å²) in [6.45, 7) is 2.29. The van der Waals surface area contributed by atoms with Crippen LogP contribution in [0.15, 0.2) is 29.8 Å². The van der Waals surface area contributed by atoms with Gasteiger partial charge in [-0.05, 0) is 23.8 Å². The Kier molecular flexibility index (Phi) is 4.98. The van der Waals surface area contributed by atoms with E-state index in [0.717, 1.165) is 0 Å². The van der Waals surface area contributed by atoms with Crippen LogP contribution in [0.3, 0.4) is 0 Å². The third-order valence-corrected chi connectivity index (χ3v) is 2.46. The van der Waals surface area contributed by atoms with Gasteiger partial charge in [0.15, 0.2) is 5.78 Å². The zero-order valence-electron chi connectivity index (χ0n) is 11.5. The van der Waals surface area contributed by atoms with E-state index in [0.29, 0.717) is 5.56 Å². The molecule has 0 amide bonds. The summed E-state index contributed by atoms with van der Waals surface area (Å²) >= 11 is 0. The van der Waals surface area contributed by atoms with Crippen LogP contribution in [0.2, 0.25) is 0 Å². The predicted molar refractivity (Wildman–Crippen MR) is 71.1 cm³/mol. The molecule has 0 heterocycles. The molecule has 1 aromatic rings. The molecule has 0 N–H and O–H groups in total. The maximum atomic E-state index is 12.0. The van der Waals surface area contributed by atoms with Crippen molar-refractivity contribution in [3.63, 3.8) is 0 Å². The normalized spacial score (nSPS) is 12.2. The van der Waals surface area contributed by atoms with E-state index in [2.05, 4.69) is 4.74 Å². The average molecular weight is 279 g/mol. The van der Waals surface area contributed by atoms with E-state index in [1.165, 1.54) is 30.3 Å². The number of halogens is 2. The predicted octanol–water partition coefficient (Wildman–Crippen LogP) is 3.81. The number of rotatable bonds is 4. The Hall–Kier alpha value is -2.22. The Morgan fingerprint density at radius 2 is 1.85 bits per heavy atom. The maximum absolute atomic E-state index is 12.0. The minimum Gasteiger partial charge on any atom is -0.435 e. The molecule has 0 bridgehead atoms. The third kappa shape index (κ3) is 4.47. The van der Waals surface area contributed by atoms with E-state index in [1.807, 2.05) is 6.07 Å². The van der Waals surface area contributed by atoms with Crippen LogP contribution in [0.1, 0.15) is 26.3 Å². The first-order valence-electron chi connectivity index (χ1n) is 5.95. The van der Waals surface area contributed by atoms with Gasteiger partial charge in [0.1, 0.15) is 11.8 Å². The summed E-state index contributed by atoms with van der Waals surface area (Å²) in [4.78, 5) is 12.0. The molecule has 1 rings (SSSR count). The van der Waals surface area contributed by atoms with Gasteiger partial charge in [-0.15, -0.1) is 0 Å². The van der Waals surface area contributed by atoms with Crippen LogP contribution in [0.5, 0.6) is 5.75 Å². The summed E-state index contributed by atoms with van der Waals surface area (Å²) in [7, 11) is 0. The fourth-order valence-corrected chi connectivity index (χ4v) is 1.46. The largest absolute Gasteiger partial charge is 0.435 e. The number of carbonyl (C=O) groups excluding carboxylic acids is 1. The molecule has 3 nitrogen and oxygen atoms in total. The number of carbonyl (C=O) groups is 1. The summed E-state index contributed by atoms with van der Waals surface area (Å²) in [5, 5.41) is 9.03. The van der Waals surface area contributed by atoms with Crippen LogP contribution in [0.25, 0.3) is 6.08 Å². The fourth-order valence-electron chi connectivity index (χ4n) is 1.46. The second kappa shape index (κ2) is 6.29. The first kappa shape index (κ1) is 15.8. The number of ether oxygens (including phenoxy) is 1. The van der Waals surface area contributed by atoms with Crippen molar-refractivity contribution in [2.24, 2.45) is 5.41 Å². The van der Waals surface area contributed by atoms with Crippen molar-refractivity contribution < 1.29 is 18.3 Å². The van der Waals surface area contributed by atoms with E-state index >= 15 is 0 Å². The lowest BCUT2D eigenvalue weighted by Crippen LogP contribution is -2.21. The Labute approximate surface area is 116 Å². The monoisotopic (exact) mass is 279 g/mol. The van der Waals surface area contributed by atoms with Gasteiger partial charge in [-0.3, -0.25) is 4.79 Å². The third-order valence-electron chi connectivity index (χ3n) is 2.46. The highest BCUT2D eigenvalue weighted by molar-refractivity contribution is 6.06. The highest BCUT2D eigenvalue weighted by Gasteiger charge is 2.24. The highest BCUT2D eigenvalue weighted by Crippen LogP contribution is 2.22. The average Bonchev–Trinajstić information content (AvgIpc) is 2.35. The number of benzene rings is 1. The zero-order valence-corrected chi connectivity index (χ0v) is 11.5. The summed E-state index contributed by atoms with van der Waals surface area (Å²) in [6, 6.07) is 7.59. The molecular weight excluding hydrogens is 264 g/mol. The lowest BCUT2D eigenvalue weighted by atomic mass is 9.86. The van der Waals surface area contributed by atoms with E-state index < -0.39 is 12.0 Å². The molecule has 0 aliphatic heterocycles. The van der Waals surface area contributed by atoms with Gasteiger partial charge >= 0.3 is 6.61 Å². The van der Waals surface area contributed by atoms with Crippen LogP contribution < -0.4 is 4.74 Å². The fraction of sp³-hybridized carbons (Fsp3) is 0.333. The van der Waals surface area contributed by atoms with Gasteiger partial charge in [0.2, 0.25) is 0 Å². The molecule has 0 aliphatic rings. The minimum absolute atomic E-state index is 0.0257. The van der Waals surface area contributed by atoms with Gasteiger partial charge in [0.05, 0.1) is 5.57 Å². The molecule has 1 aromatic carbocycles. The molecule has 0 spiro atoms. The molecule has 20 heavy (non-hydrogen) atoms. The number of ketones is 1. The SMILES string of the molecule is CC(C)(C)C(=O)C(C#N)=Cc1ccc(OC(F)F)cc1. The van der Waals surface area contributed by atoms with Gasteiger partial charge in [-0.2, -0.15) is 14.0 Å². The smallest absolute Gasteiger partial charge is 0.387 e. The number of nitrogens with zero attached hydrogens (tertiary/aromatic N) is 1. The van der Waals surface area contributed by atoms with Crippen LogP contribution in [-0.2, 0) is 4.79 Å². The minimum atomic E-state index is -2.88. The molecule has 0 fully saturated rings. The van der Waals surface area contributed by atoms with Crippen molar-refractivity contribution in [1.29, 1.82) is 5.26 Å². The van der Waals surface area contributed by atoms with Gasteiger partial charge < -0.3 is 4.74 Å². The molecule has 0 saturated heterocycles. The summed E-state index contributed by atoms with van der Waals surface area (Å²) in [5.41, 5.74) is -0.0545. The standard InChI is InChI=1S/C15H15F2NO2/c1-15(2,3)13(19)11(9-18)8-10-4-6-12(7-5-10)20-14(16)17/h4-8,14H,1-3H3. The highest BCUT2D eigenvalue weighted by atomic mass is 19.3. The molecule has 5 heteroatoms. The van der Waals surface area contributed by atoms with Crippen molar-refractivity contribution in [2.75, 3.05) is 0 Å². The van der Waals surface area contributed by atoms with E-state index in [4.69, 9.17) is 5.26 Å². The summed E-state index contributed by atoms with van der Waals surface area (Å²) < 4.78 is 28.2. The van der Waals surface area contributed by atoms with Crippen molar-refractivity contribution in [3.05, 3.63) is 35.4 Å². The van der Waals surface area contributed by atoms with Crippen molar-refractivity contribution in [1.82, 2.24) is 0 Å². The molecule has 0 saturated carbocycles. The van der Waals surface area contributed by atoms with E-state index in [-0.39, 0.29) is 17.1 Å².